The molecule has 1 aliphatic heterocycles. The van der Waals surface area contributed by atoms with E-state index in [1.54, 1.807) is 40.0 Å². The zero-order valence-corrected chi connectivity index (χ0v) is 14.2. The van der Waals surface area contributed by atoms with Crippen molar-refractivity contribution < 1.29 is 23.8 Å². The highest BCUT2D eigenvalue weighted by atomic mass is 16.6. The third kappa shape index (κ3) is 3.75. The van der Waals surface area contributed by atoms with Crippen molar-refractivity contribution in [1.82, 2.24) is 4.90 Å². The van der Waals surface area contributed by atoms with E-state index in [-0.39, 0.29) is 0 Å². The lowest BCUT2D eigenvalue weighted by atomic mass is 9.92. The number of amides is 1. The van der Waals surface area contributed by atoms with Crippen molar-refractivity contribution in [2.75, 3.05) is 20.8 Å². The average Bonchev–Trinajstić information content (AvgIpc) is 2.50. The van der Waals surface area contributed by atoms with Gasteiger partial charge in [-0.05, 0) is 50.5 Å². The Bertz CT molecular complexity index is 605. The summed E-state index contributed by atoms with van der Waals surface area (Å²) >= 11 is 0. The van der Waals surface area contributed by atoms with Gasteiger partial charge in [-0.1, -0.05) is 6.07 Å². The Balaban J connectivity index is 2.38. The summed E-state index contributed by atoms with van der Waals surface area (Å²) in [6.45, 7) is 5.76. The van der Waals surface area contributed by atoms with Crippen molar-refractivity contribution >= 4 is 12.1 Å². The Morgan fingerprint density at radius 3 is 2.48 bits per heavy atom. The summed E-state index contributed by atoms with van der Waals surface area (Å²) in [6.07, 6.45) is 0.105. The summed E-state index contributed by atoms with van der Waals surface area (Å²) in [5.74, 6) is 0.236. The van der Waals surface area contributed by atoms with Crippen LogP contribution < -0.4 is 4.74 Å². The third-order valence-electron chi connectivity index (χ3n) is 3.63. The molecule has 0 saturated carbocycles. The Morgan fingerprint density at radius 1 is 1.22 bits per heavy atom. The minimum Gasteiger partial charge on any atom is -0.497 e. The second-order valence-corrected chi connectivity index (χ2v) is 6.41. The van der Waals surface area contributed by atoms with Crippen LogP contribution in [0.1, 0.15) is 37.9 Å². The summed E-state index contributed by atoms with van der Waals surface area (Å²) in [5, 5.41) is 0. The van der Waals surface area contributed by atoms with Crippen LogP contribution in [0.5, 0.6) is 5.75 Å². The molecule has 0 saturated heterocycles. The lowest BCUT2D eigenvalue weighted by molar-refractivity contribution is -0.147. The highest BCUT2D eigenvalue weighted by Crippen LogP contribution is 2.34. The quantitative estimate of drug-likeness (QED) is 0.784. The maximum atomic E-state index is 12.4. The molecular weight excluding hydrogens is 298 g/mol. The van der Waals surface area contributed by atoms with E-state index in [2.05, 4.69) is 0 Å². The van der Waals surface area contributed by atoms with Gasteiger partial charge in [-0.2, -0.15) is 0 Å². The minimum atomic E-state index is -0.801. The van der Waals surface area contributed by atoms with Crippen molar-refractivity contribution in [3.8, 4) is 5.75 Å². The highest BCUT2D eigenvalue weighted by molar-refractivity contribution is 5.84. The van der Waals surface area contributed by atoms with Crippen LogP contribution in [-0.2, 0) is 20.7 Å². The van der Waals surface area contributed by atoms with Crippen LogP contribution in [-0.4, -0.2) is 43.3 Å². The number of rotatable bonds is 2. The number of benzene rings is 1. The molecule has 1 heterocycles. The Kier molecular flexibility index (Phi) is 4.82. The van der Waals surface area contributed by atoms with Crippen molar-refractivity contribution in [1.29, 1.82) is 0 Å². The fourth-order valence-corrected chi connectivity index (χ4v) is 2.61. The van der Waals surface area contributed by atoms with Crippen LogP contribution in [0.3, 0.4) is 0 Å². The zero-order valence-electron chi connectivity index (χ0n) is 14.2. The van der Waals surface area contributed by atoms with Gasteiger partial charge in [0.15, 0.2) is 6.04 Å². The molecule has 6 nitrogen and oxygen atoms in total. The number of carbonyl (C=O) groups excluding carboxylic acids is 2. The molecule has 0 aromatic heterocycles. The first-order valence-electron chi connectivity index (χ1n) is 7.51. The summed E-state index contributed by atoms with van der Waals surface area (Å²) in [6, 6.07) is 4.65. The van der Waals surface area contributed by atoms with E-state index in [9.17, 15) is 9.59 Å². The molecule has 0 bridgehead atoms. The second kappa shape index (κ2) is 6.48. The number of carbonyl (C=O) groups is 2. The Labute approximate surface area is 136 Å². The summed E-state index contributed by atoms with van der Waals surface area (Å²) < 4.78 is 15.5. The summed E-state index contributed by atoms with van der Waals surface area (Å²) in [5.41, 5.74) is 1.09. The topological polar surface area (TPSA) is 65.1 Å². The van der Waals surface area contributed by atoms with E-state index < -0.39 is 23.7 Å². The first-order chi connectivity index (χ1) is 10.8. The van der Waals surface area contributed by atoms with E-state index in [0.29, 0.717) is 13.0 Å². The number of ether oxygens (including phenoxy) is 3. The number of fused-ring (bicyclic) bond motifs is 1. The van der Waals surface area contributed by atoms with E-state index in [0.717, 1.165) is 16.9 Å². The Morgan fingerprint density at radius 2 is 1.91 bits per heavy atom. The fraction of sp³-hybridized carbons (Fsp3) is 0.529. The molecular formula is C17H23NO5. The first kappa shape index (κ1) is 17.1. The summed E-state index contributed by atoms with van der Waals surface area (Å²) in [4.78, 5) is 26.1. The average molecular weight is 321 g/mol. The van der Waals surface area contributed by atoms with E-state index in [4.69, 9.17) is 14.2 Å². The lowest BCUT2D eigenvalue weighted by Gasteiger charge is -2.36. The van der Waals surface area contributed by atoms with Gasteiger partial charge in [0.25, 0.3) is 0 Å². The van der Waals surface area contributed by atoms with Gasteiger partial charge < -0.3 is 14.2 Å². The van der Waals surface area contributed by atoms with Crippen molar-refractivity contribution in [2.24, 2.45) is 0 Å². The van der Waals surface area contributed by atoms with Gasteiger partial charge in [-0.15, -0.1) is 0 Å². The molecule has 2 rings (SSSR count). The molecule has 23 heavy (non-hydrogen) atoms. The molecule has 1 aliphatic rings. The van der Waals surface area contributed by atoms with Gasteiger partial charge >= 0.3 is 12.1 Å². The molecule has 0 aliphatic carbocycles. The van der Waals surface area contributed by atoms with E-state index >= 15 is 0 Å². The lowest BCUT2D eigenvalue weighted by Crippen LogP contribution is -2.46. The van der Waals surface area contributed by atoms with Gasteiger partial charge in [0.2, 0.25) is 0 Å². The highest BCUT2D eigenvalue weighted by Gasteiger charge is 2.38. The molecule has 0 spiro atoms. The first-order valence-corrected chi connectivity index (χ1v) is 7.51. The van der Waals surface area contributed by atoms with Crippen LogP contribution in [0, 0.1) is 0 Å². The number of hydrogen-bond acceptors (Lipinski definition) is 5. The van der Waals surface area contributed by atoms with Crippen LogP contribution in [0.25, 0.3) is 0 Å². The largest absolute Gasteiger partial charge is 0.497 e. The van der Waals surface area contributed by atoms with Crippen molar-refractivity contribution in [3.05, 3.63) is 29.3 Å². The summed E-state index contributed by atoms with van der Waals surface area (Å²) in [7, 11) is 2.91. The van der Waals surface area contributed by atoms with Gasteiger partial charge in [0.1, 0.15) is 11.4 Å². The minimum absolute atomic E-state index is 0.384. The maximum absolute atomic E-state index is 12.4. The van der Waals surface area contributed by atoms with Crippen molar-refractivity contribution in [2.45, 2.75) is 38.8 Å². The van der Waals surface area contributed by atoms with Gasteiger partial charge in [-0.3, -0.25) is 4.90 Å². The van der Waals surface area contributed by atoms with E-state index in [1.807, 2.05) is 6.07 Å². The molecule has 1 amide bonds. The molecule has 1 aromatic rings. The van der Waals surface area contributed by atoms with Crippen LogP contribution in [0.15, 0.2) is 18.2 Å². The Hall–Kier alpha value is -2.24. The number of methoxy groups -OCH3 is 2. The predicted octanol–water partition coefficient (Wildman–Crippen LogP) is 2.70. The maximum Gasteiger partial charge on any atom is 0.411 e. The van der Waals surface area contributed by atoms with Crippen LogP contribution in [0.4, 0.5) is 4.79 Å². The zero-order chi connectivity index (χ0) is 17.2. The smallest absolute Gasteiger partial charge is 0.411 e. The van der Waals surface area contributed by atoms with Crippen LogP contribution in [0.2, 0.25) is 0 Å². The SMILES string of the molecule is COC(=O)[C@H]1c2ccc(OC)cc2CCN1C(=O)OC(C)(C)C. The molecule has 1 atom stereocenters. The molecule has 1 aromatic carbocycles. The van der Waals surface area contributed by atoms with E-state index in [1.165, 1.54) is 12.0 Å². The van der Waals surface area contributed by atoms with Gasteiger partial charge in [0, 0.05) is 6.54 Å². The molecule has 0 unspecified atom stereocenters. The van der Waals surface area contributed by atoms with Gasteiger partial charge in [0.05, 0.1) is 14.2 Å². The van der Waals surface area contributed by atoms with Crippen molar-refractivity contribution in [3.63, 3.8) is 0 Å². The van der Waals surface area contributed by atoms with Gasteiger partial charge in [-0.25, -0.2) is 9.59 Å². The third-order valence-corrected chi connectivity index (χ3v) is 3.63. The molecule has 0 radical (unpaired) electrons. The van der Waals surface area contributed by atoms with Crippen LogP contribution >= 0.6 is 0 Å². The molecule has 126 valence electrons. The molecule has 0 fully saturated rings. The predicted molar refractivity (Wildman–Crippen MR) is 84.4 cm³/mol. The fourth-order valence-electron chi connectivity index (χ4n) is 2.61. The standard InChI is InChI=1S/C17H23NO5/c1-17(2,3)23-16(20)18-9-8-11-10-12(21-4)6-7-13(11)14(18)15(19)22-5/h6-7,10,14H,8-9H2,1-5H3/t14-/m1/s1. The monoisotopic (exact) mass is 321 g/mol. The number of nitrogens with zero attached hydrogens (tertiary/aromatic N) is 1. The number of hydrogen-bond donors (Lipinski definition) is 0. The number of esters is 1. The normalized spacial score (nSPS) is 17.3. The second-order valence-electron chi connectivity index (χ2n) is 6.41. The molecule has 0 N–H and O–H groups in total. The molecule has 6 heteroatoms.